The van der Waals surface area contributed by atoms with Crippen LogP contribution in [0.1, 0.15) is 46.9 Å². The summed E-state index contributed by atoms with van der Waals surface area (Å²) >= 11 is 0. The number of nitrogens with two attached hydrogens (primary N) is 1. The maximum Gasteiger partial charge on any atom is 0.339 e. The van der Waals surface area contributed by atoms with Crippen LogP contribution in [-0.2, 0) is 22.4 Å². The van der Waals surface area contributed by atoms with E-state index in [0.29, 0.717) is 5.56 Å². The molecule has 5 nitrogen and oxygen atoms in total. The predicted molar refractivity (Wildman–Crippen MR) is 87.2 cm³/mol. The minimum Gasteiger partial charge on any atom is -0.449 e. The van der Waals surface area contributed by atoms with Crippen LogP contribution in [0.4, 0.5) is 0 Å². The summed E-state index contributed by atoms with van der Waals surface area (Å²) < 4.78 is 5.27. The largest absolute Gasteiger partial charge is 0.449 e. The van der Waals surface area contributed by atoms with Crippen molar-refractivity contribution in [3.63, 3.8) is 0 Å². The van der Waals surface area contributed by atoms with Crippen molar-refractivity contribution in [2.45, 2.75) is 45.6 Å². The van der Waals surface area contributed by atoms with Gasteiger partial charge in [0.25, 0.3) is 5.91 Å². The molecule has 3 rings (SSSR count). The van der Waals surface area contributed by atoms with E-state index in [1.54, 1.807) is 0 Å². The standard InChI is InChI=1S/C18H20N2O3/c1-10-7-8-15-13(9-10)16(18(22)23-11(2)17(19)21)12-5-3-4-6-14(12)20-15/h7-9,11H,3-6H2,1-2H3,(H2,19,21)/t11-/m0/s1. The third-order valence-electron chi connectivity index (χ3n) is 4.31. The number of carbonyl (C=O) groups is 2. The van der Waals surface area contributed by atoms with E-state index in [9.17, 15) is 9.59 Å². The number of carbonyl (C=O) groups excluding carboxylic acids is 2. The number of amides is 1. The molecule has 0 bridgehead atoms. The van der Waals surface area contributed by atoms with Gasteiger partial charge in [-0.05, 0) is 57.2 Å². The number of ether oxygens (including phenoxy) is 1. The Kier molecular flexibility index (Phi) is 4.03. The Labute approximate surface area is 134 Å². The second kappa shape index (κ2) is 5.99. The van der Waals surface area contributed by atoms with E-state index in [2.05, 4.69) is 0 Å². The average Bonchev–Trinajstić information content (AvgIpc) is 2.52. The highest BCUT2D eigenvalue weighted by Gasteiger charge is 2.25. The molecule has 0 saturated carbocycles. The molecule has 0 unspecified atom stereocenters. The van der Waals surface area contributed by atoms with Gasteiger partial charge in [0.1, 0.15) is 0 Å². The molecular formula is C18H20N2O3. The molecule has 5 heteroatoms. The van der Waals surface area contributed by atoms with Crippen LogP contribution in [-0.4, -0.2) is 23.0 Å². The number of benzene rings is 1. The van der Waals surface area contributed by atoms with E-state index in [0.717, 1.165) is 53.4 Å². The topological polar surface area (TPSA) is 82.3 Å². The van der Waals surface area contributed by atoms with Crippen LogP contribution in [0.2, 0.25) is 0 Å². The summed E-state index contributed by atoms with van der Waals surface area (Å²) in [5.41, 5.74) is 9.51. The van der Waals surface area contributed by atoms with Crippen LogP contribution in [0.3, 0.4) is 0 Å². The first-order chi connectivity index (χ1) is 11.0. The van der Waals surface area contributed by atoms with E-state index in [4.69, 9.17) is 15.5 Å². The van der Waals surface area contributed by atoms with Crippen molar-refractivity contribution in [3.8, 4) is 0 Å². The van der Waals surface area contributed by atoms with Gasteiger partial charge in [0.2, 0.25) is 0 Å². The zero-order valence-electron chi connectivity index (χ0n) is 13.4. The molecule has 0 fully saturated rings. The van der Waals surface area contributed by atoms with Crippen LogP contribution >= 0.6 is 0 Å². The second-order valence-corrected chi connectivity index (χ2v) is 6.09. The molecule has 0 saturated heterocycles. The van der Waals surface area contributed by atoms with E-state index >= 15 is 0 Å². The lowest BCUT2D eigenvalue weighted by Gasteiger charge is -2.21. The fourth-order valence-corrected chi connectivity index (χ4v) is 3.05. The first kappa shape index (κ1) is 15.5. The predicted octanol–water partition coefficient (Wildman–Crippen LogP) is 2.45. The molecule has 1 heterocycles. The number of hydrogen-bond donors (Lipinski definition) is 1. The molecule has 23 heavy (non-hydrogen) atoms. The highest BCUT2D eigenvalue weighted by molar-refractivity contribution is 6.06. The number of nitrogens with zero attached hydrogens (tertiary/aromatic N) is 1. The molecule has 0 radical (unpaired) electrons. The normalized spacial score (nSPS) is 15.0. The summed E-state index contributed by atoms with van der Waals surface area (Å²) in [5, 5.41) is 0.785. The minimum absolute atomic E-state index is 0.493. The van der Waals surface area contributed by atoms with Gasteiger partial charge in [-0.3, -0.25) is 9.78 Å². The van der Waals surface area contributed by atoms with Gasteiger partial charge in [0.05, 0.1) is 11.1 Å². The van der Waals surface area contributed by atoms with Crippen LogP contribution in [0.5, 0.6) is 0 Å². The Hall–Kier alpha value is -2.43. The minimum atomic E-state index is -0.949. The van der Waals surface area contributed by atoms with Gasteiger partial charge < -0.3 is 10.5 Å². The Morgan fingerprint density at radius 1 is 1.26 bits per heavy atom. The fourth-order valence-electron chi connectivity index (χ4n) is 3.05. The van der Waals surface area contributed by atoms with Gasteiger partial charge in [0.15, 0.2) is 6.10 Å². The first-order valence-corrected chi connectivity index (χ1v) is 7.90. The van der Waals surface area contributed by atoms with Gasteiger partial charge in [0, 0.05) is 11.1 Å². The number of aromatic nitrogens is 1. The third kappa shape index (κ3) is 2.91. The van der Waals surface area contributed by atoms with Gasteiger partial charge in [-0.1, -0.05) is 11.6 Å². The number of aryl methyl sites for hydroxylation is 2. The van der Waals surface area contributed by atoms with Gasteiger partial charge in [-0.15, -0.1) is 0 Å². The maximum absolute atomic E-state index is 12.7. The number of rotatable bonds is 3. The second-order valence-electron chi connectivity index (χ2n) is 6.09. The van der Waals surface area contributed by atoms with E-state index in [1.807, 2.05) is 25.1 Å². The number of esters is 1. The molecule has 1 aromatic heterocycles. The van der Waals surface area contributed by atoms with Crippen LogP contribution in [0.25, 0.3) is 10.9 Å². The van der Waals surface area contributed by atoms with Crippen molar-refractivity contribution in [2.24, 2.45) is 5.73 Å². The molecule has 1 aromatic carbocycles. The van der Waals surface area contributed by atoms with Crippen molar-refractivity contribution in [1.29, 1.82) is 0 Å². The maximum atomic E-state index is 12.7. The van der Waals surface area contributed by atoms with Crippen LogP contribution < -0.4 is 5.73 Å². The quantitative estimate of drug-likeness (QED) is 0.883. The van der Waals surface area contributed by atoms with E-state index < -0.39 is 18.0 Å². The Balaban J connectivity index is 2.17. The monoisotopic (exact) mass is 312 g/mol. The average molecular weight is 312 g/mol. The Morgan fingerprint density at radius 2 is 2.00 bits per heavy atom. The molecule has 2 N–H and O–H groups in total. The molecule has 0 aliphatic heterocycles. The van der Waals surface area contributed by atoms with Crippen molar-refractivity contribution in [3.05, 3.63) is 40.6 Å². The zero-order chi connectivity index (χ0) is 16.6. The Bertz CT molecular complexity index is 798. The lowest BCUT2D eigenvalue weighted by Crippen LogP contribution is -2.31. The van der Waals surface area contributed by atoms with Crippen LogP contribution in [0, 0.1) is 6.92 Å². The molecule has 120 valence electrons. The summed E-state index contributed by atoms with van der Waals surface area (Å²) in [6.07, 6.45) is 2.82. The third-order valence-corrected chi connectivity index (χ3v) is 4.31. The highest BCUT2D eigenvalue weighted by atomic mass is 16.5. The van der Waals surface area contributed by atoms with E-state index in [-0.39, 0.29) is 0 Å². The lowest BCUT2D eigenvalue weighted by molar-refractivity contribution is -0.125. The lowest BCUT2D eigenvalue weighted by atomic mass is 9.89. The number of primary amides is 1. The van der Waals surface area contributed by atoms with Crippen molar-refractivity contribution < 1.29 is 14.3 Å². The van der Waals surface area contributed by atoms with Crippen molar-refractivity contribution in [1.82, 2.24) is 4.98 Å². The fraction of sp³-hybridized carbons (Fsp3) is 0.389. The number of fused-ring (bicyclic) bond motifs is 2. The SMILES string of the molecule is Cc1ccc2nc3c(c(C(=O)O[C@@H](C)C(N)=O)c2c1)CCCC3. The molecule has 1 aliphatic rings. The van der Waals surface area contributed by atoms with Crippen molar-refractivity contribution >= 4 is 22.8 Å². The summed E-state index contributed by atoms with van der Waals surface area (Å²) in [6, 6.07) is 5.85. The summed E-state index contributed by atoms with van der Waals surface area (Å²) in [5.74, 6) is -1.14. The summed E-state index contributed by atoms with van der Waals surface area (Å²) in [6.45, 7) is 3.46. The Morgan fingerprint density at radius 3 is 2.74 bits per heavy atom. The number of hydrogen-bond acceptors (Lipinski definition) is 4. The van der Waals surface area contributed by atoms with Crippen LogP contribution in [0.15, 0.2) is 18.2 Å². The summed E-state index contributed by atoms with van der Waals surface area (Å²) in [4.78, 5) is 28.6. The molecule has 1 atom stereocenters. The molecular weight excluding hydrogens is 292 g/mol. The van der Waals surface area contributed by atoms with Gasteiger partial charge >= 0.3 is 5.97 Å². The molecule has 1 aliphatic carbocycles. The summed E-state index contributed by atoms with van der Waals surface area (Å²) in [7, 11) is 0. The first-order valence-electron chi connectivity index (χ1n) is 7.90. The number of pyridine rings is 1. The zero-order valence-corrected chi connectivity index (χ0v) is 13.4. The van der Waals surface area contributed by atoms with Gasteiger partial charge in [-0.25, -0.2) is 4.79 Å². The van der Waals surface area contributed by atoms with E-state index in [1.165, 1.54) is 6.92 Å². The molecule has 2 aromatic rings. The van der Waals surface area contributed by atoms with Gasteiger partial charge in [-0.2, -0.15) is 0 Å². The highest BCUT2D eigenvalue weighted by Crippen LogP contribution is 2.30. The molecule has 1 amide bonds. The molecule has 0 spiro atoms. The smallest absolute Gasteiger partial charge is 0.339 e. The van der Waals surface area contributed by atoms with Crippen molar-refractivity contribution in [2.75, 3.05) is 0 Å².